The molecule has 0 aromatic heterocycles. The summed E-state index contributed by atoms with van der Waals surface area (Å²) in [6, 6.07) is 20.9. The number of nitrogens with one attached hydrogen (secondary N) is 1. The van der Waals surface area contributed by atoms with Gasteiger partial charge in [0.15, 0.2) is 23.0 Å². The van der Waals surface area contributed by atoms with Crippen molar-refractivity contribution in [3.8, 4) is 45.3 Å². The van der Waals surface area contributed by atoms with Gasteiger partial charge in [0.25, 0.3) is 0 Å². The summed E-state index contributed by atoms with van der Waals surface area (Å²) in [5.41, 5.74) is 7.61. The Morgan fingerprint density at radius 2 is 1.26 bits per heavy atom. The topological polar surface area (TPSA) is 75.0 Å². The lowest BCUT2D eigenvalue weighted by Crippen LogP contribution is -2.37. The van der Waals surface area contributed by atoms with Crippen LogP contribution in [0.2, 0.25) is 0 Å². The zero-order valence-corrected chi connectivity index (χ0v) is 26.9. The van der Waals surface area contributed by atoms with E-state index in [0.717, 1.165) is 11.6 Å². The van der Waals surface area contributed by atoms with E-state index in [-0.39, 0.29) is 23.6 Å². The van der Waals surface area contributed by atoms with Crippen molar-refractivity contribution >= 4 is 37.2 Å². The van der Waals surface area contributed by atoms with Crippen LogP contribution in [0.25, 0.3) is 22.3 Å². The molecule has 4 aromatic carbocycles. The van der Waals surface area contributed by atoms with Gasteiger partial charge in [0.2, 0.25) is 0 Å². The van der Waals surface area contributed by atoms with Crippen molar-refractivity contribution < 1.29 is 32.1 Å². The molecule has 6 nitrogen and oxygen atoms in total. The maximum Gasteiger partial charge on any atom is 0.169 e. The van der Waals surface area contributed by atoms with E-state index in [1.54, 1.807) is 30.3 Å². The Kier molecular flexibility index (Phi) is 12.0. The first-order valence-corrected chi connectivity index (χ1v) is 19.3. The van der Waals surface area contributed by atoms with Crippen molar-refractivity contribution in [2.45, 2.75) is 12.2 Å². The van der Waals surface area contributed by atoms with Gasteiger partial charge in [-0.25, -0.2) is 13.2 Å². The van der Waals surface area contributed by atoms with Crippen LogP contribution in [-0.4, -0.2) is 45.6 Å². The smallest absolute Gasteiger partial charge is 0.169 e. The van der Waals surface area contributed by atoms with E-state index in [0.29, 0.717) is 60.4 Å². The average Bonchev–Trinajstić information content (AvgIpc) is 3.02. The summed E-state index contributed by atoms with van der Waals surface area (Å²) >= 11 is 4.24. The summed E-state index contributed by atoms with van der Waals surface area (Å²) in [5, 5.41) is 3.06. The highest BCUT2D eigenvalue weighted by Crippen LogP contribution is 2.42. The second kappa shape index (κ2) is 15.6. The Bertz CT molecular complexity index is 1490. The van der Waals surface area contributed by atoms with Gasteiger partial charge < -0.3 is 30.0 Å². The molecule has 0 bridgehead atoms. The van der Waals surface area contributed by atoms with Crippen LogP contribution in [0.4, 0.5) is 13.2 Å². The first-order valence-electron chi connectivity index (χ1n) is 13.0. The van der Waals surface area contributed by atoms with Crippen LogP contribution in [0.15, 0.2) is 78.9 Å². The molecule has 0 fully saturated rings. The van der Waals surface area contributed by atoms with Gasteiger partial charge in [-0.3, -0.25) is 0 Å². The van der Waals surface area contributed by atoms with Crippen molar-refractivity contribution in [3.63, 3.8) is 0 Å². The molecule has 0 saturated heterocycles. The van der Waals surface area contributed by atoms with Gasteiger partial charge >= 0.3 is 0 Å². The van der Waals surface area contributed by atoms with E-state index in [4.69, 9.17) is 24.7 Å². The van der Waals surface area contributed by atoms with Crippen LogP contribution in [0.1, 0.15) is 0 Å². The van der Waals surface area contributed by atoms with E-state index in [1.165, 1.54) is 18.2 Å². The molecule has 0 amide bonds. The summed E-state index contributed by atoms with van der Waals surface area (Å²) < 4.78 is 63.9. The third-order valence-electron chi connectivity index (χ3n) is 6.46. The number of nitrogens with two attached hydrogens (primary N) is 1. The highest BCUT2D eigenvalue weighted by molar-refractivity contribution is 15.0. The van der Waals surface area contributed by atoms with Crippen LogP contribution in [0.5, 0.6) is 23.0 Å². The predicted octanol–water partition coefficient (Wildman–Crippen LogP) is 7.35. The Morgan fingerprint density at radius 3 is 1.83 bits per heavy atom. The van der Waals surface area contributed by atoms with Crippen LogP contribution < -0.4 is 30.0 Å². The molecule has 2 aliphatic rings. The Hall–Kier alpha value is -2.75. The zero-order valence-electron chi connectivity index (χ0n) is 22.6. The number of rotatable bonds is 5. The maximum atomic E-state index is 14.0. The van der Waals surface area contributed by atoms with E-state index in [2.05, 4.69) is 42.5 Å². The largest absolute Gasteiger partial charge is 0.486 e. The molecule has 0 radical (unpaired) electrons. The molecule has 4 aromatic rings. The molecule has 0 spiro atoms. The third-order valence-corrected chi connectivity index (χ3v) is 6.46. The Morgan fingerprint density at radius 1 is 0.714 bits per heavy atom. The Labute approximate surface area is 266 Å². The van der Waals surface area contributed by atoms with E-state index >= 15 is 0 Å². The van der Waals surface area contributed by atoms with Crippen LogP contribution in [-0.2, 0) is 0 Å². The number of likely N-dealkylation sites (N-methyl/N-ethyl adjacent to an activating group) is 1. The van der Waals surface area contributed by atoms with Crippen LogP contribution in [0, 0.1) is 17.5 Å². The second-order valence-electron chi connectivity index (χ2n) is 9.26. The maximum absolute atomic E-state index is 14.0. The molecular weight excluding hydrogens is 775 g/mol. The van der Waals surface area contributed by atoms with Crippen LogP contribution in [0.3, 0.4) is 0 Å². The van der Waals surface area contributed by atoms with Crippen molar-refractivity contribution in [3.05, 3.63) is 96.3 Å². The monoisotopic (exact) mass is 804 g/mol. The zero-order chi connectivity index (χ0) is 30.1. The molecule has 222 valence electrons. The number of benzene rings is 4. The average molecular weight is 804 g/mol. The quantitative estimate of drug-likeness (QED) is 0.206. The lowest BCUT2D eigenvalue weighted by Gasteiger charge is -2.28. The molecule has 3 N–H and O–H groups in total. The summed E-state index contributed by atoms with van der Waals surface area (Å²) in [7, 11) is 1.86. The van der Waals surface area contributed by atoms with Gasteiger partial charge in [-0.05, 0) is 37.4 Å². The van der Waals surface area contributed by atoms with Crippen molar-refractivity contribution in [1.82, 2.24) is 5.32 Å². The summed E-state index contributed by atoms with van der Waals surface area (Å²) in [4.78, 5) is 0. The summed E-state index contributed by atoms with van der Waals surface area (Å²) in [5.74, 6) is 0.739. The van der Waals surface area contributed by atoms with E-state index in [9.17, 15) is 13.2 Å². The molecule has 0 aliphatic carbocycles. The lowest BCUT2D eigenvalue weighted by atomic mass is 10.0. The second-order valence-corrected chi connectivity index (χ2v) is 9.26. The minimum absolute atomic E-state index is 0.0691. The number of ether oxygens (including phenoxy) is 4. The molecule has 11 heteroatoms. The Balaban J connectivity index is 0.000000182. The molecule has 2 atom stereocenters. The number of para-hydroxylation sites is 2. The fourth-order valence-corrected chi connectivity index (χ4v) is 4.53. The van der Waals surface area contributed by atoms with Crippen molar-refractivity contribution in [1.29, 1.82) is 0 Å². The van der Waals surface area contributed by atoms with Crippen LogP contribution >= 0.6 is 37.2 Å². The molecule has 42 heavy (non-hydrogen) atoms. The third kappa shape index (κ3) is 7.60. The molecule has 2 heterocycles. The number of halogens is 5. The first-order chi connectivity index (χ1) is 20.5. The van der Waals surface area contributed by atoms with Gasteiger partial charge in [-0.15, -0.1) is 0 Å². The van der Waals surface area contributed by atoms with Gasteiger partial charge in [0, 0.05) is 78.6 Å². The van der Waals surface area contributed by atoms with E-state index < -0.39 is 11.6 Å². The summed E-state index contributed by atoms with van der Waals surface area (Å²) in [6.45, 7) is 1.85. The standard InChI is InChI=1S/C16H16FNO2.C15H13F2NO2.I2/c1-18-9-11-10-19-15-8-4-6-13(16(15)20-11)12-5-2-3-7-14(12)17;16-9-4-5-11(13(17)6-9)12-2-1-3-14-15(12)20-10(7-18)8-19-14;1-2/h2-8,11,18H,9-10H2,1H3;1-6,10H,7-8,18H2;. The fraction of sp³-hybridized carbons (Fsp3) is 0.226. The molecular formula is C31H29F3I2N2O4. The minimum Gasteiger partial charge on any atom is -0.486 e. The first kappa shape index (κ1) is 32.2. The predicted molar refractivity (Wildman–Crippen MR) is 174 cm³/mol. The van der Waals surface area contributed by atoms with Gasteiger partial charge in [0.1, 0.15) is 42.9 Å². The highest BCUT2D eigenvalue weighted by Gasteiger charge is 2.25. The number of hydrogen-bond donors (Lipinski definition) is 2. The highest BCUT2D eigenvalue weighted by atomic mass is 128. The number of fused-ring (bicyclic) bond motifs is 2. The minimum atomic E-state index is -0.642. The van der Waals surface area contributed by atoms with Gasteiger partial charge in [-0.2, -0.15) is 0 Å². The molecule has 2 unspecified atom stereocenters. The van der Waals surface area contributed by atoms with Crippen molar-refractivity contribution in [2.75, 3.05) is 33.4 Å². The normalized spacial score (nSPS) is 16.4. The van der Waals surface area contributed by atoms with E-state index in [1.807, 2.05) is 31.3 Å². The summed E-state index contributed by atoms with van der Waals surface area (Å²) in [6.07, 6.45) is -0.340. The molecule has 2 aliphatic heterocycles. The van der Waals surface area contributed by atoms with Gasteiger partial charge in [0.05, 0.1) is 0 Å². The molecule has 0 saturated carbocycles. The molecule has 6 rings (SSSR count). The number of hydrogen-bond acceptors (Lipinski definition) is 6. The van der Waals surface area contributed by atoms with Crippen molar-refractivity contribution in [2.24, 2.45) is 5.73 Å². The lowest BCUT2D eigenvalue weighted by molar-refractivity contribution is 0.0926. The SMILES string of the molecule is CNCC1COc2cccc(-c3ccccc3F)c2O1.II.NCC1COc2cccc(-c3ccc(F)cc3F)c2O1. The van der Waals surface area contributed by atoms with Gasteiger partial charge in [-0.1, -0.05) is 42.5 Å². The fourth-order valence-electron chi connectivity index (χ4n) is 4.53.